The Morgan fingerprint density at radius 2 is 2.05 bits per heavy atom. The number of nitrogens with two attached hydrogens (primary N) is 1. The van der Waals surface area contributed by atoms with Gasteiger partial charge in [0, 0.05) is 19.2 Å². The Bertz CT molecular complexity index is 528. The van der Waals surface area contributed by atoms with Gasteiger partial charge in [0.05, 0.1) is 18.4 Å². The summed E-state index contributed by atoms with van der Waals surface area (Å²) < 4.78 is 19.1. The lowest BCUT2D eigenvalue weighted by Gasteiger charge is -2.35. The molecule has 0 saturated carbocycles. The summed E-state index contributed by atoms with van der Waals surface area (Å²) >= 11 is 0. The fourth-order valence-corrected chi connectivity index (χ4v) is 2.65. The number of hydrogen-bond donors (Lipinski definition) is 1. The molecule has 0 spiro atoms. The van der Waals surface area contributed by atoms with Crippen LogP contribution in [0.4, 0.5) is 10.1 Å². The number of hydrogen-bond acceptors (Lipinski definition) is 4. The molecule has 0 atom stereocenters. The number of likely N-dealkylation sites (tertiary alicyclic amines) is 1. The summed E-state index contributed by atoms with van der Waals surface area (Å²) in [5, 5.41) is 0. The number of carbonyl (C=O) groups excluding carboxylic acids is 1. The maximum atomic E-state index is 14.0. The Morgan fingerprint density at radius 1 is 1.43 bits per heavy atom. The second-order valence-corrected chi connectivity index (χ2v) is 5.52. The maximum absolute atomic E-state index is 14.0. The van der Waals surface area contributed by atoms with Gasteiger partial charge in [-0.05, 0) is 39.0 Å². The topological polar surface area (TPSA) is 58.8 Å². The molecule has 6 heteroatoms. The number of rotatable bonds is 3. The third-order valence-corrected chi connectivity index (χ3v) is 4.11. The van der Waals surface area contributed by atoms with Gasteiger partial charge in [-0.25, -0.2) is 4.39 Å². The van der Waals surface area contributed by atoms with E-state index in [1.807, 2.05) is 0 Å². The number of ether oxygens (including phenoxy) is 1. The van der Waals surface area contributed by atoms with E-state index in [4.69, 9.17) is 10.5 Å². The molecule has 1 aromatic rings. The second kappa shape index (κ2) is 6.30. The lowest BCUT2D eigenvalue weighted by Crippen LogP contribution is -2.44. The largest absolute Gasteiger partial charge is 0.495 e. The minimum atomic E-state index is -0.613. The number of amides is 1. The maximum Gasteiger partial charge on any atom is 0.256 e. The predicted octanol–water partition coefficient (Wildman–Crippen LogP) is 1.58. The number of methoxy groups -OCH3 is 1. The van der Waals surface area contributed by atoms with Gasteiger partial charge in [-0.3, -0.25) is 4.79 Å². The van der Waals surface area contributed by atoms with Crippen molar-refractivity contribution >= 4 is 11.6 Å². The van der Waals surface area contributed by atoms with Crippen LogP contribution in [0.15, 0.2) is 12.1 Å². The third kappa shape index (κ3) is 3.26. The zero-order chi connectivity index (χ0) is 15.6. The molecule has 1 saturated heterocycles. The molecule has 1 aliphatic heterocycles. The first kappa shape index (κ1) is 15.6. The van der Waals surface area contributed by atoms with E-state index in [-0.39, 0.29) is 23.2 Å². The highest BCUT2D eigenvalue weighted by Crippen LogP contribution is 2.26. The first-order valence-electron chi connectivity index (χ1n) is 7.02. The van der Waals surface area contributed by atoms with Crippen LogP contribution >= 0.6 is 0 Å². The van der Waals surface area contributed by atoms with Gasteiger partial charge in [0.2, 0.25) is 0 Å². The molecule has 0 aromatic heterocycles. The highest BCUT2D eigenvalue weighted by molar-refractivity contribution is 5.95. The van der Waals surface area contributed by atoms with Crippen LogP contribution in [0.3, 0.4) is 0 Å². The molecule has 0 radical (unpaired) electrons. The number of nitrogens with zero attached hydrogens (tertiary/aromatic N) is 2. The van der Waals surface area contributed by atoms with Crippen molar-refractivity contribution < 1.29 is 13.9 Å². The van der Waals surface area contributed by atoms with Gasteiger partial charge < -0.3 is 20.3 Å². The Labute approximate surface area is 124 Å². The monoisotopic (exact) mass is 295 g/mol. The van der Waals surface area contributed by atoms with Crippen molar-refractivity contribution in [2.75, 3.05) is 40.0 Å². The fraction of sp³-hybridized carbons (Fsp3) is 0.533. The van der Waals surface area contributed by atoms with E-state index in [2.05, 4.69) is 11.9 Å². The Hall–Kier alpha value is -1.82. The summed E-state index contributed by atoms with van der Waals surface area (Å²) in [6.07, 6.45) is 1.79. The lowest BCUT2D eigenvalue weighted by atomic mass is 10.0. The first-order chi connectivity index (χ1) is 9.93. The fourth-order valence-electron chi connectivity index (χ4n) is 2.65. The smallest absolute Gasteiger partial charge is 0.256 e. The van der Waals surface area contributed by atoms with Gasteiger partial charge in [-0.2, -0.15) is 0 Å². The van der Waals surface area contributed by atoms with Crippen LogP contribution in [-0.2, 0) is 0 Å². The van der Waals surface area contributed by atoms with Crippen molar-refractivity contribution in [2.45, 2.75) is 18.9 Å². The molecule has 1 heterocycles. The molecule has 2 N–H and O–H groups in total. The summed E-state index contributed by atoms with van der Waals surface area (Å²) in [6.45, 7) is 1.88. The molecular formula is C15H22FN3O2. The second-order valence-electron chi connectivity index (χ2n) is 5.52. The highest BCUT2D eigenvalue weighted by Gasteiger charge is 2.26. The number of benzene rings is 1. The SMILES string of the molecule is COc1cc(C(=O)N(C)C2CCN(C)CC2)c(F)cc1N. The minimum Gasteiger partial charge on any atom is -0.495 e. The summed E-state index contributed by atoms with van der Waals surface area (Å²) in [4.78, 5) is 16.4. The number of anilines is 1. The Kier molecular flexibility index (Phi) is 4.67. The van der Waals surface area contributed by atoms with Crippen molar-refractivity contribution in [3.8, 4) is 5.75 Å². The van der Waals surface area contributed by atoms with E-state index in [0.717, 1.165) is 32.0 Å². The van der Waals surface area contributed by atoms with Crippen LogP contribution in [-0.4, -0.2) is 56.0 Å². The van der Waals surface area contributed by atoms with E-state index < -0.39 is 5.82 Å². The number of carbonyl (C=O) groups is 1. The lowest BCUT2D eigenvalue weighted by molar-refractivity contribution is 0.0654. The third-order valence-electron chi connectivity index (χ3n) is 4.11. The molecule has 0 aliphatic carbocycles. The Balaban J connectivity index is 2.19. The van der Waals surface area contributed by atoms with Crippen LogP contribution in [0.5, 0.6) is 5.75 Å². The van der Waals surface area contributed by atoms with Crippen LogP contribution in [0, 0.1) is 5.82 Å². The van der Waals surface area contributed by atoms with E-state index >= 15 is 0 Å². The molecule has 21 heavy (non-hydrogen) atoms. The molecule has 5 nitrogen and oxygen atoms in total. The van der Waals surface area contributed by atoms with Crippen molar-refractivity contribution in [2.24, 2.45) is 0 Å². The van der Waals surface area contributed by atoms with Crippen molar-refractivity contribution in [1.82, 2.24) is 9.80 Å². The van der Waals surface area contributed by atoms with Gasteiger partial charge in [0.1, 0.15) is 11.6 Å². The zero-order valence-electron chi connectivity index (χ0n) is 12.7. The highest BCUT2D eigenvalue weighted by atomic mass is 19.1. The van der Waals surface area contributed by atoms with Crippen LogP contribution in [0.25, 0.3) is 0 Å². The van der Waals surface area contributed by atoms with Gasteiger partial charge in [-0.15, -0.1) is 0 Å². The van der Waals surface area contributed by atoms with Crippen LogP contribution in [0.1, 0.15) is 23.2 Å². The van der Waals surface area contributed by atoms with Gasteiger partial charge >= 0.3 is 0 Å². The van der Waals surface area contributed by atoms with E-state index in [0.29, 0.717) is 5.75 Å². The molecule has 1 aromatic carbocycles. The summed E-state index contributed by atoms with van der Waals surface area (Å²) in [7, 11) is 5.22. The zero-order valence-corrected chi connectivity index (χ0v) is 12.7. The van der Waals surface area contributed by atoms with Crippen molar-refractivity contribution in [1.29, 1.82) is 0 Å². The quantitative estimate of drug-likeness (QED) is 0.860. The average Bonchev–Trinajstić information content (AvgIpc) is 2.47. The molecule has 1 amide bonds. The molecule has 0 bridgehead atoms. The molecule has 0 unspecified atom stereocenters. The summed E-state index contributed by atoms with van der Waals surface area (Å²) in [6, 6.07) is 2.64. The van der Waals surface area contributed by atoms with E-state index in [1.54, 1.807) is 11.9 Å². The summed E-state index contributed by atoms with van der Waals surface area (Å²) in [5.74, 6) is -0.630. The van der Waals surface area contributed by atoms with Crippen LogP contribution < -0.4 is 10.5 Å². The number of halogens is 1. The first-order valence-corrected chi connectivity index (χ1v) is 7.02. The molecule has 1 fully saturated rings. The minimum absolute atomic E-state index is 0.00229. The summed E-state index contributed by atoms with van der Waals surface area (Å²) in [5.41, 5.74) is 5.83. The standard InChI is InChI=1S/C15H22FN3O2/c1-18-6-4-10(5-7-18)19(2)15(20)11-8-14(21-3)13(17)9-12(11)16/h8-10H,4-7,17H2,1-3H3. The van der Waals surface area contributed by atoms with Crippen molar-refractivity contribution in [3.63, 3.8) is 0 Å². The molecule has 116 valence electrons. The molecule has 1 aliphatic rings. The normalized spacial score (nSPS) is 16.8. The average molecular weight is 295 g/mol. The number of nitrogen functional groups attached to an aromatic ring is 1. The molecular weight excluding hydrogens is 273 g/mol. The van der Waals surface area contributed by atoms with E-state index in [9.17, 15) is 9.18 Å². The van der Waals surface area contributed by atoms with Gasteiger partial charge in [0.25, 0.3) is 5.91 Å². The van der Waals surface area contributed by atoms with Crippen molar-refractivity contribution in [3.05, 3.63) is 23.5 Å². The molecule has 2 rings (SSSR count). The Morgan fingerprint density at radius 3 is 2.62 bits per heavy atom. The van der Waals surface area contributed by atoms with Gasteiger partial charge in [0.15, 0.2) is 0 Å². The van der Waals surface area contributed by atoms with Crippen LogP contribution in [0.2, 0.25) is 0 Å². The predicted molar refractivity (Wildman–Crippen MR) is 80.0 cm³/mol. The number of piperidine rings is 1. The van der Waals surface area contributed by atoms with E-state index in [1.165, 1.54) is 13.2 Å². The van der Waals surface area contributed by atoms with Gasteiger partial charge in [-0.1, -0.05) is 0 Å².